The summed E-state index contributed by atoms with van der Waals surface area (Å²) >= 11 is 0. The van der Waals surface area contributed by atoms with Gasteiger partial charge in [-0.1, -0.05) is 81.0 Å². The molecule has 4 nitrogen and oxygen atoms in total. The van der Waals surface area contributed by atoms with Gasteiger partial charge in [0.05, 0.1) is 6.04 Å². The number of benzene rings is 3. The SMILES string of the molecule is CN1CC(C=CC2N(CCCCCC(=O)O)c3ccc4ccccc4c3C2(C)C)=Cc2ccccc21. The summed E-state index contributed by atoms with van der Waals surface area (Å²) in [5.41, 5.74) is 6.52. The maximum atomic E-state index is 11.0. The highest BCUT2D eigenvalue weighted by Gasteiger charge is 2.44. The average Bonchev–Trinajstić information content (AvgIpc) is 3.08. The fourth-order valence-corrected chi connectivity index (χ4v) is 6.08. The van der Waals surface area contributed by atoms with Crippen LogP contribution in [0.3, 0.4) is 0 Å². The largest absolute Gasteiger partial charge is 0.481 e. The number of hydrogen-bond donors (Lipinski definition) is 1. The second-order valence-corrected chi connectivity index (χ2v) is 10.7. The normalized spacial score (nSPS) is 18.4. The fraction of sp³-hybridized carbons (Fsp3) is 0.344. The molecule has 0 radical (unpaired) electrons. The van der Waals surface area contributed by atoms with Gasteiger partial charge in [0, 0.05) is 43.3 Å². The van der Waals surface area contributed by atoms with Gasteiger partial charge in [-0.2, -0.15) is 0 Å². The zero-order valence-electron chi connectivity index (χ0n) is 21.6. The van der Waals surface area contributed by atoms with Crippen molar-refractivity contribution >= 4 is 34.2 Å². The van der Waals surface area contributed by atoms with Gasteiger partial charge in [0.15, 0.2) is 0 Å². The van der Waals surface area contributed by atoms with Crippen LogP contribution in [-0.2, 0) is 10.2 Å². The Labute approximate surface area is 214 Å². The van der Waals surface area contributed by atoms with Crippen molar-refractivity contribution in [3.63, 3.8) is 0 Å². The third kappa shape index (κ3) is 4.53. The number of carboxylic acids is 1. The summed E-state index contributed by atoms with van der Waals surface area (Å²) in [5, 5.41) is 11.6. The first-order chi connectivity index (χ1) is 17.4. The minimum atomic E-state index is -0.706. The molecule has 3 aromatic rings. The lowest BCUT2D eigenvalue weighted by Gasteiger charge is -2.33. The molecule has 0 saturated heterocycles. The average molecular weight is 481 g/mol. The van der Waals surface area contributed by atoms with Gasteiger partial charge in [0.1, 0.15) is 0 Å². The number of likely N-dealkylation sites (N-methyl/N-ethyl adjacent to an activating group) is 1. The highest BCUT2D eigenvalue weighted by Crippen LogP contribution is 2.49. The van der Waals surface area contributed by atoms with E-state index in [1.165, 1.54) is 38.8 Å². The third-order valence-electron chi connectivity index (χ3n) is 7.83. The van der Waals surface area contributed by atoms with Gasteiger partial charge in [0.2, 0.25) is 0 Å². The van der Waals surface area contributed by atoms with E-state index in [0.717, 1.165) is 32.4 Å². The summed E-state index contributed by atoms with van der Waals surface area (Å²) in [7, 11) is 2.16. The quantitative estimate of drug-likeness (QED) is 0.351. The molecule has 2 heterocycles. The Balaban J connectivity index is 1.47. The highest BCUT2D eigenvalue weighted by molar-refractivity contribution is 5.93. The van der Waals surface area contributed by atoms with Gasteiger partial charge in [-0.3, -0.25) is 4.79 Å². The lowest BCUT2D eigenvalue weighted by Crippen LogP contribution is -2.40. The zero-order chi connectivity index (χ0) is 25.3. The van der Waals surface area contributed by atoms with Crippen LogP contribution in [0.2, 0.25) is 0 Å². The molecule has 2 aliphatic heterocycles. The van der Waals surface area contributed by atoms with Crippen molar-refractivity contribution in [3.8, 4) is 0 Å². The van der Waals surface area contributed by atoms with Crippen molar-refractivity contribution in [3.05, 3.63) is 89.5 Å². The molecule has 0 fully saturated rings. The summed E-state index contributed by atoms with van der Waals surface area (Å²) in [6.07, 6.45) is 9.93. The van der Waals surface area contributed by atoms with E-state index in [0.29, 0.717) is 0 Å². The molecule has 36 heavy (non-hydrogen) atoms. The van der Waals surface area contributed by atoms with Crippen molar-refractivity contribution in [2.24, 2.45) is 0 Å². The van der Waals surface area contributed by atoms with E-state index in [4.69, 9.17) is 5.11 Å². The number of anilines is 2. The molecule has 1 unspecified atom stereocenters. The molecular formula is C32H36N2O2. The summed E-state index contributed by atoms with van der Waals surface area (Å²) < 4.78 is 0. The number of para-hydroxylation sites is 1. The molecule has 0 amide bonds. The van der Waals surface area contributed by atoms with Gasteiger partial charge < -0.3 is 14.9 Å². The first kappa shape index (κ1) is 24.2. The Bertz CT molecular complexity index is 1340. The van der Waals surface area contributed by atoms with Crippen LogP contribution in [0.5, 0.6) is 0 Å². The number of hydrogen-bond acceptors (Lipinski definition) is 3. The summed E-state index contributed by atoms with van der Waals surface area (Å²) in [4.78, 5) is 15.8. The van der Waals surface area contributed by atoms with Crippen molar-refractivity contribution < 1.29 is 9.90 Å². The standard InChI is InChI=1S/C32H36N2O2/c1-32(2)29(19-16-23-21-25-12-7-9-14-27(25)33(3)22-23)34(20-10-4-5-15-30(35)36)28-18-17-24-11-6-8-13-26(24)31(28)32/h6-9,11-14,16-19,21,29H,4-5,10,15,20,22H2,1-3H3,(H,35,36). The van der Waals surface area contributed by atoms with Gasteiger partial charge in [0.25, 0.3) is 0 Å². The molecular weight excluding hydrogens is 444 g/mol. The van der Waals surface area contributed by atoms with Crippen LogP contribution in [0, 0.1) is 0 Å². The van der Waals surface area contributed by atoms with Gasteiger partial charge in [-0.05, 0) is 58.5 Å². The third-order valence-corrected chi connectivity index (χ3v) is 7.83. The molecule has 0 bridgehead atoms. The zero-order valence-corrected chi connectivity index (χ0v) is 21.6. The Morgan fingerprint density at radius 1 is 1.00 bits per heavy atom. The van der Waals surface area contributed by atoms with Gasteiger partial charge in [-0.25, -0.2) is 0 Å². The number of fused-ring (bicyclic) bond motifs is 4. The maximum absolute atomic E-state index is 11.0. The van der Waals surface area contributed by atoms with Crippen LogP contribution in [0.1, 0.15) is 50.7 Å². The second kappa shape index (κ2) is 9.85. The van der Waals surface area contributed by atoms with Gasteiger partial charge >= 0.3 is 5.97 Å². The number of unbranched alkanes of at least 4 members (excludes halogenated alkanes) is 2. The van der Waals surface area contributed by atoms with E-state index < -0.39 is 5.97 Å². The number of aliphatic carboxylic acids is 1. The second-order valence-electron chi connectivity index (χ2n) is 10.7. The first-order valence-electron chi connectivity index (χ1n) is 13.1. The summed E-state index contributed by atoms with van der Waals surface area (Å²) in [5.74, 6) is -0.706. The van der Waals surface area contributed by atoms with E-state index in [-0.39, 0.29) is 17.9 Å². The smallest absolute Gasteiger partial charge is 0.303 e. The van der Waals surface area contributed by atoms with Crippen molar-refractivity contribution in [2.45, 2.75) is 51.0 Å². The van der Waals surface area contributed by atoms with Crippen molar-refractivity contribution in [1.29, 1.82) is 0 Å². The molecule has 1 N–H and O–H groups in total. The van der Waals surface area contributed by atoms with Crippen molar-refractivity contribution in [2.75, 3.05) is 29.9 Å². The van der Waals surface area contributed by atoms with Crippen molar-refractivity contribution in [1.82, 2.24) is 0 Å². The van der Waals surface area contributed by atoms with Crippen LogP contribution in [0.25, 0.3) is 16.8 Å². The van der Waals surface area contributed by atoms with Crippen LogP contribution in [0.4, 0.5) is 11.4 Å². The minimum absolute atomic E-state index is 0.0627. The number of carbonyl (C=O) groups is 1. The summed E-state index contributed by atoms with van der Waals surface area (Å²) in [6, 6.07) is 22.0. The minimum Gasteiger partial charge on any atom is -0.481 e. The molecule has 4 heteroatoms. The van der Waals surface area contributed by atoms with Crippen LogP contribution in [0.15, 0.2) is 78.4 Å². The summed E-state index contributed by atoms with van der Waals surface area (Å²) in [6.45, 7) is 6.56. The predicted octanol–water partition coefficient (Wildman–Crippen LogP) is 7.04. The number of rotatable bonds is 8. The molecule has 0 spiro atoms. The Hall–Kier alpha value is -3.53. The lowest BCUT2D eigenvalue weighted by atomic mass is 9.78. The molecule has 0 aliphatic carbocycles. The van der Waals surface area contributed by atoms with Crippen LogP contribution in [-0.4, -0.2) is 37.3 Å². The van der Waals surface area contributed by atoms with E-state index in [9.17, 15) is 4.79 Å². The van der Waals surface area contributed by atoms with Crippen LogP contribution < -0.4 is 9.80 Å². The first-order valence-corrected chi connectivity index (χ1v) is 13.1. The molecule has 2 aliphatic rings. The molecule has 186 valence electrons. The predicted molar refractivity (Wildman–Crippen MR) is 151 cm³/mol. The Morgan fingerprint density at radius 3 is 2.61 bits per heavy atom. The van der Waals surface area contributed by atoms with Gasteiger partial charge in [-0.15, -0.1) is 0 Å². The van der Waals surface area contributed by atoms with E-state index in [1.54, 1.807) is 0 Å². The highest BCUT2D eigenvalue weighted by atomic mass is 16.4. The van der Waals surface area contributed by atoms with E-state index in [1.807, 2.05) is 0 Å². The molecule has 0 saturated carbocycles. The van der Waals surface area contributed by atoms with E-state index >= 15 is 0 Å². The fourth-order valence-electron chi connectivity index (χ4n) is 6.08. The molecule has 3 aromatic carbocycles. The molecule has 5 rings (SSSR count). The van der Waals surface area contributed by atoms with E-state index in [2.05, 4.69) is 110 Å². The number of carboxylic acid groups (broad SMARTS) is 1. The maximum Gasteiger partial charge on any atom is 0.303 e. The monoisotopic (exact) mass is 480 g/mol. The number of nitrogens with zero attached hydrogens (tertiary/aromatic N) is 2. The van der Waals surface area contributed by atoms with Crippen LogP contribution >= 0.6 is 0 Å². The molecule has 1 atom stereocenters. The topological polar surface area (TPSA) is 43.8 Å². The lowest BCUT2D eigenvalue weighted by molar-refractivity contribution is -0.137. The Morgan fingerprint density at radius 2 is 1.78 bits per heavy atom. The Kier molecular flexibility index (Phi) is 6.61. The molecule has 0 aromatic heterocycles.